The van der Waals surface area contributed by atoms with Gasteiger partial charge in [0.2, 0.25) is 0 Å². The van der Waals surface area contributed by atoms with E-state index in [0.717, 1.165) is 7.14 Å². The van der Waals surface area contributed by atoms with Gasteiger partial charge >= 0.3 is 156 Å². The Bertz CT molecular complexity index is 871. The van der Waals surface area contributed by atoms with Crippen molar-refractivity contribution < 1.29 is 15.7 Å². The molecule has 3 aromatic carbocycles. The summed E-state index contributed by atoms with van der Waals surface area (Å²) in [6.07, 6.45) is 0. The molecule has 0 N–H and O–H groups in total. The summed E-state index contributed by atoms with van der Waals surface area (Å²) in [6, 6.07) is 25.3. The fourth-order valence-corrected chi connectivity index (χ4v) is 9.12. The van der Waals surface area contributed by atoms with Gasteiger partial charge in [-0.25, -0.2) is 0 Å². The molecule has 130 valence electrons. The summed E-state index contributed by atoms with van der Waals surface area (Å²) in [7, 11) is -2.33. The number of halogens is 1. The van der Waals surface area contributed by atoms with Crippen LogP contribution in [0.3, 0.4) is 0 Å². The Kier molecular flexibility index (Phi) is 5.72. The molecule has 0 amide bonds. The zero-order valence-corrected chi connectivity index (χ0v) is 16.5. The third-order valence-corrected chi connectivity index (χ3v) is 10.7. The topological polar surface area (TPSA) is 52.6 Å². The molecule has 3 aromatic rings. The quantitative estimate of drug-likeness (QED) is 0.498. The second-order valence-corrected chi connectivity index (χ2v) is 11.5. The van der Waals surface area contributed by atoms with Crippen molar-refractivity contribution in [2.45, 2.75) is 4.90 Å². The number of ether oxygens (including phenoxy) is 1. The van der Waals surface area contributed by atoms with Crippen LogP contribution >= 0.6 is 20.2 Å². The van der Waals surface area contributed by atoms with Crippen LogP contribution in [-0.2, 0) is 12.6 Å². The molecule has 0 saturated carbocycles. The molecule has 3 rings (SSSR count). The van der Waals surface area contributed by atoms with E-state index in [9.17, 15) is 8.42 Å². The van der Waals surface area contributed by atoms with Crippen LogP contribution in [0.15, 0.2) is 89.8 Å². The number of hydrogen-bond acceptors (Lipinski definition) is 4. The SMILES string of the molecule is COc1ccc(S(=O)(=O)OI(c2ccccc2)c2ccccc2)cc1. The molecule has 6 heteroatoms. The second-order valence-electron chi connectivity index (χ2n) is 5.03. The van der Waals surface area contributed by atoms with E-state index in [0.29, 0.717) is 5.75 Å². The van der Waals surface area contributed by atoms with Crippen LogP contribution in [0, 0.1) is 7.14 Å². The van der Waals surface area contributed by atoms with Gasteiger partial charge in [-0.3, -0.25) is 0 Å². The molecule has 25 heavy (non-hydrogen) atoms. The number of rotatable bonds is 6. The van der Waals surface area contributed by atoms with Crippen LogP contribution in [0.25, 0.3) is 0 Å². The van der Waals surface area contributed by atoms with E-state index >= 15 is 0 Å². The Labute approximate surface area is 155 Å². The van der Waals surface area contributed by atoms with Crippen molar-refractivity contribution >= 4 is 30.4 Å². The van der Waals surface area contributed by atoms with E-state index < -0.39 is 30.4 Å². The van der Waals surface area contributed by atoms with Gasteiger partial charge in [0.05, 0.1) is 0 Å². The fraction of sp³-hybridized carbons (Fsp3) is 0.0526. The molecule has 0 radical (unpaired) electrons. The van der Waals surface area contributed by atoms with Crippen LogP contribution in [0.5, 0.6) is 5.75 Å². The Balaban J connectivity index is 1.97. The molecule has 4 nitrogen and oxygen atoms in total. The molecule has 0 aromatic heterocycles. The van der Waals surface area contributed by atoms with Gasteiger partial charge in [0.25, 0.3) is 0 Å². The average Bonchev–Trinajstić information content (AvgIpc) is 2.67. The Morgan fingerprint density at radius 2 is 1.20 bits per heavy atom. The van der Waals surface area contributed by atoms with Crippen molar-refractivity contribution in [3.05, 3.63) is 92.1 Å². The normalized spacial score (nSPS) is 11.8. The molecule has 0 aliphatic carbocycles. The Hall–Kier alpha value is -1.90. The molecule has 0 spiro atoms. The van der Waals surface area contributed by atoms with Gasteiger partial charge in [-0.05, 0) is 0 Å². The monoisotopic (exact) mass is 468 g/mol. The van der Waals surface area contributed by atoms with Crippen molar-refractivity contribution in [2.24, 2.45) is 0 Å². The third kappa shape index (κ3) is 4.39. The summed E-state index contributed by atoms with van der Waals surface area (Å²) in [4.78, 5) is 0.127. The van der Waals surface area contributed by atoms with E-state index in [-0.39, 0.29) is 4.90 Å². The number of methoxy groups -OCH3 is 1. The van der Waals surface area contributed by atoms with Crippen molar-refractivity contribution in [2.75, 3.05) is 7.11 Å². The van der Waals surface area contributed by atoms with Crippen LogP contribution in [0.1, 0.15) is 0 Å². The van der Waals surface area contributed by atoms with E-state index in [1.807, 2.05) is 60.7 Å². The van der Waals surface area contributed by atoms with Crippen molar-refractivity contribution in [3.63, 3.8) is 0 Å². The van der Waals surface area contributed by atoms with Gasteiger partial charge < -0.3 is 0 Å². The number of hydrogen-bond donors (Lipinski definition) is 0. The first-order valence-corrected chi connectivity index (χ1v) is 11.9. The first-order chi connectivity index (χ1) is 12.1. The zero-order chi connectivity index (χ0) is 17.7. The third-order valence-electron chi connectivity index (χ3n) is 3.36. The van der Waals surface area contributed by atoms with E-state index in [4.69, 9.17) is 7.25 Å². The first kappa shape index (κ1) is 17.9. The molecule has 0 fully saturated rings. The molecular weight excluding hydrogens is 451 g/mol. The van der Waals surface area contributed by atoms with Crippen LogP contribution in [-0.4, -0.2) is 15.5 Å². The van der Waals surface area contributed by atoms with Gasteiger partial charge in [-0.2, -0.15) is 0 Å². The van der Waals surface area contributed by atoms with Gasteiger partial charge in [0, 0.05) is 0 Å². The van der Waals surface area contributed by atoms with Gasteiger partial charge in [0.1, 0.15) is 0 Å². The second kappa shape index (κ2) is 7.99. The molecule has 0 aliphatic heterocycles. The predicted octanol–water partition coefficient (Wildman–Crippen LogP) is 4.56. The van der Waals surface area contributed by atoms with Crippen molar-refractivity contribution in [3.8, 4) is 5.75 Å². The van der Waals surface area contributed by atoms with Crippen molar-refractivity contribution in [1.29, 1.82) is 0 Å². The van der Waals surface area contributed by atoms with Gasteiger partial charge in [0.15, 0.2) is 0 Å². The van der Waals surface area contributed by atoms with Crippen molar-refractivity contribution in [1.82, 2.24) is 0 Å². The molecule has 0 bridgehead atoms. The standard InChI is InChI=1S/C19H17IO4S/c1-23-18-12-14-19(15-13-18)25(21,22)24-20(16-8-4-2-5-9-16)17-10-6-3-7-11-17/h2-15H,1H3. The summed E-state index contributed by atoms with van der Waals surface area (Å²) in [6.45, 7) is 0. The molecule has 0 aliphatic rings. The van der Waals surface area contributed by atoms with E-state index in [1.54, 1.807) is 12.1 Å². The van der Waals surface area contributed by atoms with Crippen LogP contribution < -0.4 is 4.74 Å². The maximum absolute atomic E-state index is 12.8. The summed E-state index contributed by atoms with van der Waals surface area (Å²) < 4.78 is 38.2. The first-order valence-electron chi connectivity index (χ1n) is 7.49. The van der Waals surface area contributed by atoms with Gasteiger partial charge in [-0.1, -0.05) is 0 Å². The van der Waals surface area contributed by atoms with Crippen LogP contribution in [0.4, 0.5) is 0 Å². The van der Waals surface area contributed by atoms with E-state index in [1.165, 1.54) is 19.2 Å². The summed E-state index contributed by atoms with van der Waals surface area (Å²) in [5.41, 5.74) is 0. The maximum atomic E-state index is 12.8. The van der Waals surface area contributed by atoms with Crippen LogP contribution in [0.2, 0.25) is 0 Å². The molecule has 0 unspecified atom stereocenters. The molecule has 0 saturated heterocycles. The molecule has 0 heterocycles. The van der Waals surface area contributed by atoms with Gasteiger partial charge in [-0.15, -0.1) is 0 Å². The summed E-state index contributed by atoms with van der Waals surface area (Å²) in [5, 5.41) is 0. The minimum atomic E-state index is -3.87. The fourth-order valence-electron chi connectivity index (χ4n) is 2.12. The molecular formula is C19H17IO4S. The zero-order valence-electron chi connectivity index (χ0n) is 13.5. The number of benzene rings is 3. The van der Waals surface area contributed by atoms with E-state index in [2.05, 4.69) is 0 Å². The average molecular weight is 468 g/mol. The Morgan fingerprint density at radius 1 is 0.720 bits per heavy atom. The minimum absolute atomic E-state index is 0.127. The predicted molar refractivity (Wildman–Crippen MR) is 106 cm³/mol. The Morgan fingerprint density at radius 3 is 1.64 bits per heavy atom. The molecule has 0 atom stereocenters. The summed E-state index contributed by atoms with van der Waals surface area (Å²) >= 11 is -2.60. The summed E-state index contributed by atoms with van der Waals surface area (Å²) in [5.74, 6) is 0.598.